The van der Waals surface area contributed by atoms with Gasteiger partial charge in [-0.3, -0.25) is 0 Å². The number of hydrogen-bond donors (Lipinski definition) is 0. The summed E-state index contributed by atoms with van der Waals surface area (Å²) >= 11 is 7.63. The average molecular weight is 416 g/mol. The molecule has 0 bridgehead atoms. The number of halogens is 3. The van der Waals surface area contributed by atoms with Crippen molar-refractivity contribution < 1.29 is 8.78 Å². The number of aromatic nitrogens is 3. The predicted molar refractivity (Wildman–Crippen MR) is 110 cm³/mol. The van der Waals surface area contributed by atoms with Gasteiger partial charge >= 0.3 is 0 Å². The highest BCUT2D eigenvalue weighted by Gasteiger charge is 2.20. The van der Waals surface area contributed by atoms with E-state index in [9.17, 15) is 8.78 Å². The van der Waals surface area contributed by atoms with Crippen LogP contribution in [-0.2, 0) is 7.05 Å². The molecule has 28 heavy (non-hydrogen) atoms. The molecule has 7 heteroatoms. The second-order valence-electron chi connectivity index (χ2n) is 6.54. The minimum atomic E-state index is -0.478. The molecular weight excluding hydrogens is 400 g/mol. The molecule has 2 aromatic carbocycles. The summed E-state index contributed by atoms with van der Waals surface area (Å²) in [4.78, 5) is 6.29. The molecule has 142 valence electrons. The minimum Gasteiger partial charge on any atom is -0.248 e. The quantitative estimate of drug-likeness (QED) is 0.386. The number of hydrogen-bond acceptors (Lipinski definition) is 3. The fourth-order valence-corrected chi connectivity index (χ4v) is 4.38. The average Bonchev–Trinajstić information content (AvgIpc) is 3.17. The van der Waals surface area contributed by atoms with Crippen LogP contribution in [0.1, 0.15) is 10.4 Å². The lowest BCUT2D eigenvalue weighted by Crippen LogP contribution is -1.94. The zero-order chi connectivity index (χ0) is 20.0. The fourth-order valence-electron chi connectivity index (χ4n) is 3.09. The molecule has 0 radical (unpaired) electrons. The highest BCUT2D eigenvalue weighted by Crippen LogP contribution is 2.38. The molecule has 0 atom stereocenters. The van der Waals surface area contributed by atoms with E-state index in [1.165, 1.54) is 29.5 Å². The van der Waals surface area contributed by atoms with Gasteiger partial charge in [-0.15, -0.1) is 11.3 Å². The number of nitrogens with zero attached hydrogens (tertiary/aromatic N) is 3. The highest BCUT2D eigenvalue weighted by molar-refractivity contribution is 7.16. The van der Waals surface area contributed by atoms with Gasteiger partial charge in [0.25, 0.3) is 0 Å². The van der Waals surface area contributed by atoms with E-state index in [0.29, 0.717) is 11.4 Å². The third kappa shape index (κ3) is 3.23. The van der Waals surface area contributed by atoms with Gasteiger partial charge in [-0.05, 0) is 43.7 Å². The molecule has 0 unspecified atom stereocenters. The third-order valence-corrected chi connectivity index (χ3v) is 5.90. The SMILES string of the molecule is Cc1ccc(-c2cc(-c3nc(-c4c(F)cccc4Cl)nn3C)c(C)s2)c(F)c1. The third-order valence-electron chi connectivity index (χ3n) is 4.50. The monoisotopic (exact) mass is 415 g/mol. The maximum Gasteiger partial charge on any atom is 0.186 e. The molecule has 0 aliphatic heterocycles. The van der Waals surface area contributed by atoms with Gasteiger partial charge in [0.1, 0.15) is 11.6 Å². The Bertz CT molecular complexity index is 1180. The molecule has 0 saturated heterocycles. The van der Waals surface area contributed by atoms with Crippen LogP contribution in [0.2, 0.25) is 5.02 Å². The Labute approximate surface area is 170 Å². The van der Waals surface area contributed by atoms with E-state index in [2.05, 4.69) is 10.1 Å². The van der Waals surface area contributed by atoms with E-state index in [1.54, 1.807) is 23.9 Å². The van der Waals surface area contributed by atoms with Crippen LogP contribution < -0.4 is 0 Å². The van der Waals surface area contributed by atoms with Gasteiger partial charge in [0.15, 0.2) is 11.6 Å². The van der Waals surface area contributed by atoms with Crippen LogP contribution in [0.3, 0.4) is 0 Å². The molecule has 2 heterocycles. The van der Waals surface area contributed by atoms with Gasteiger partial charge < -0.3 is 0 Å². The van der Waals surface area contributed by atoms with Crippen molar-refractivity contribution in [3.8, 4) is 33.2 Å². The Kier molecular flexibility index (Phi) is 4.77. The van der Waals surface area contributed by atoms with E-state index >= 15 is 0 Å². The zero-order valence-corrected chi connectivity index (χ0v) is 17.0. The van der Waals surface area contributed by atoms with Crippen LogP contribution in [0.25, 0.3) is 33.2 Å². The van der Waals surface area contributed by atoms with Crippen molar-refractivity contribution in [1.29, 1.82) is 0 Å². The van der Waals surface area contributed by atoms with Crippen LogP contribution in [0.4, 0.5) is 8.78 Å². The van der Waals surface area contributed by atoms with Crippen molar-refractivity contribution in [3.63, 3.8) is 0 Å². The minimum absolute atomic E-state index is 0.170. The Hall–Kier alpha value is -2.57. The Morgan fingerprint density at radius 3 is 2.50 bits per heavy atom. The fraction of sp³-hybridized carbons (Fsp3) is 0.143. The van der Waals surface area contributed by atoms with E-state index in [1.807, 2.05) is 26.0 Å². The normalized spacial score (nSPS) is 11.2. The van der Waals surface area contributed by atoms with E-state index in [4.69, 9.17) is 11.6 Å². The van der Waals surface area contributed by atoms with Gasteiger partial charge in [-0.2, -0.15) is 5.10 Å². The van der Waals surface area contributed by atoms with Crippen LogP contribution in [-0.4, -0.2) is 14.8 Å². The first-order chi connectivity index (χ1) is 13.3. The van der Waals surface area contributed by atoms with Crippen molar-refractivity contribution >= 4 is 22.9 Å². The molecule has 0 amide bonds. The Morgan fingerprint density at radius 1 is 1.00 bits per heavy atom. The van der Waals surface area contributed by atoms with Gasteiger partial charge in [-0.25, -0.2) is 18.4 Å². The predicted octanol–water partition coefficient (Wildman–Crippen LogP) is 6.43. The molecule has 4 rings (SSSR count). The molecule has 0 aliphatic carbocycles. The van der Waals surface area contributed by atoms with Crippen molar-refractivity contribution in [3.05, 3.63) is 69.6 Å². The van der Waals surface area contributed by atoms with Crippen molar-refractivity contribution in [2.24, 2.45) is 7.05 Å². The first-order valence-electron chi connectivity index (χ1n) is 8.58. The summed E-state index contributed by atoms with van der Waals surface area (Å²) in [5, 5.41) is 4.59. The van der Waals surface area contributed by atoms with Crippen molar-refractivity contribution in [2.75, 3.05) is 0 Å². The van der Waals surface area contributed by atoms with Crippen molar-refractivity contribution in [2.45, 2.75) is 13.8 Å². The second kappa shape index (κ2) is 7.11. The Balaban J connectivity index is 1.81. The molecule has 0 spiro atoms. The lowest BCUT2D eigenvalue weighted by molar-refractivity contribution is 0.629. The summed E-state index contributed by atoms with van der Waals surface area (Å²) in [7, 11) is 1.74. The number of rotatable bonds is 3. The summed E-state index contributed by atoms with van der Waals surface area (Å²) < 4.78 is 30.2. The van der Waals surface area contributed by atoms with Gasteiger partial charge in [-0.1, -0.05) is 29.8 Å². The van der Waals surface area contributed by atoms with E-state index < -0.39 is 5.82 Å². The van der Waals surface area contributed by atoms with Crippen LogP contribution in [0, 0.1) is 25.5 Å². The Morgan fingerprint density at radius 2 is 1.79 bits per heavy atom. The molecule has 3 nitrogen and oxygen atoms in total. The molecular formula is C21H16ClF2N3S. The van der Waals surface area contributed by atoms with Crippen LogP contribution in [0.5, 0.6) is 0 Å². The van der Waals surface area contributed by atoms with E-state index in [0.717, 1.165) is 20.9 Å². The summed E-state index contributed by atoms with van der Waals surface area (Å²) in [5.41, 5.74) is 2.41. The highest BCUT2D eigenvalue weighted by atomic mass is 35.5. The lowest BCUT2D eigenvalue weighted by atomic mass is 10.1. The molecule has 0 aliphatic rings. The van der Waals surface area contributed by atoms with E-state index in [-0.39, 0.29) is 22.2 Å². The van der Waals surface area contributed by atoms with Gasteiger partial charge in [0.05, 0.1) is 10.6 Å². The van der Waals surface area contributed by atoms with Crippen molar-refractivity contribution in [1.82, 2.24) is 14.8 Å². The molecule has 0 saturated carbocycles. The van der Waals surface area contributed by atoms with Gasteiger partial charge in [0.2, 0.25) is 0 Å². The maximum absolute atomic E-state index is 14.4. The number of aryl methyl sites for hydroxylation is 3. The maximum atomic E-state index is 14.4. The zero-order valence-electron chi connectivity index (χ0n) is 15.4. The first-order valence-corrected chi connectivity index (χ1v) is 9.77. The summed E-state index contributed by atoms with van der Waals surface area (Å²) in [6.07, 6.45) is 0. The molecule has 0 fully saturated rings. The summed E-state index contributed by atoms with van der Waals surface area (Å²) in [6.45, 7) is 3.80. The molecule has 0 N–H and O–H groups in total. The van der Waals surface area contributed by atoms with Crippen LogP contribution in [0.15, 0.2) is 42.5 Å². The molecule has 4 aromatic rings. The second-order valence-corrected chi connectivity index (χ2v) is 8.21. The number of benzene rings is 2. The topological polar surface area (TPSA) is 30.7 Å². The molecule has 2 aromatic heterocycles. The summed E-state index contributed by atoms with van der Waals surface area (Å²) in [6, 6.07) is 11.5. The lowest BCUT2D eigenvalue weighted by Gasteiger charge is -2.01. The van der Waals surface area contributed by atoms with Gasteiger partial charge in [0, 0.05) is 27.9 Å². The number of thiophene rings is 1. The smallest absolute Gasteiger partial charge is 0.186 e. The standard InChI is InChI=1S/C21H16ClF2N3S/c1-11-7-8-13(17(24)9-11)18-10-14(12(2)28-18)21-25-20(26-27(21)3)19-15(22)5-4-6-16(19)23/h4-10H,1-3H3. The van der Waals surface area contributed by atoms with Crippen LogP contribution >= 0.6 is 22.9 Å². The largest absolute Gasteiger partial charge is 0.248 e. The summed E-state index contributed by atoms with van der Waals surface area (Å²) in [5.74, 6) is 0.0507. The first kappa shape index (κ1) is 18.8.